The highest BCUT2D eigenvalue weighted by molar-refractivity contribution is 7.16. The molecule has 0 aliphatic carbocycles. The van der Waals surface area contributed by atoms with Crippen LogP contribution in [0.15, 0.2) is 18.2 Å². The summed E-state index contributed by atoms with van der Waals surface area (Å²) < 4.78 is 0. The van der Waals surface area contributed by atoms with E-state index in [1.807, 2.05) is 26.0 Å². The lowest BCUT2D eigenvalue weighted by atomic mass is 10.0. The van der Waals surface area contributed by atoms with E-state index < -0.39 is 0 Å². The highest BCUT2D eigenvalue weighted by Crippen LogP contribution is 2.39. The van der Waals surface area contributed by atoms with Crippen LogP contribution in [0.1, 0.15) is 22.9 Å². The molecule has 0 bridgehead atoms. The number of hydrogen-bond acceptors (Lipinski definition) is 3. The van der Waals surface area contributed by atoms with Crippen molar-refractivity contribution in [1.29, 1.82) is 5.26 Å². The summed E-state index contributed by atoms with van der Waals surface area (Å²) >= 11 is 7.52. The zero-order valence-electron chi connectivity index (χ0n) is 10.2. The van der Waals surface area contributed by atoms with Crippen molar-refractivity contribution in [2.45, 2.75) is 20.3 Å². The summed E-state index contributed by atoms with van der Waals surface area (Å²) in [5.41, 5.74) is 9.78. The van der Waals surface area contributed by atoms with Crippen molar-refractivity contribution in [2.24, 2.45) is 0 Å². The van der Waals surface area contributed by atoms with Crippen molar-refractivity contribution < 1.29 is 0 Å². The Hall–Kier alpha value is -1.50. The number of nitrogens with two attached hydrogens (primary N) is 1. The minimum Gasteiger partial charge on any atom is -0.397 e. The van der Waals surface area contributed by atoms with Gasteiger partial charge in [0.2, 0.25) is 0 Å². The molecule has 1 aromatic heterocycles. The lowest BCUT2D eigenvalue weighted by molar-refractivity contribution is 1.16. The second-order valence-electron chi connectivity index (χ2n) is 4.14. The van der Waals surface area contributed by atoms with Gasteiger partial charge in [0.25, 0.3) is 0 Å². The molecule has 4 heteroatoms. The van der Waals surface area contributed by atoms with Crippen LogP contribution in [0.3, 0.4) is 0 Å². The number of halogens is 1. The molecule has 18 heavy (non-hydrogen) atoms. The van der Waals surface area contributed by atoms with E-state index in [-0.39, 0.29) is 0 Å². The standard InChI is InChI=1S/C14H13ClN2S/c1-3-11-13(17)12(7-16)18-14(11)9-4-8(2)5-10(15)6-9/h4-6H,3,17H2,1-2H3. The Kier molecular flexibility index (Phi) is 3.60. The largest absolute Gasteiger partial charge is 0.397 e. The van der Waals surface area contributed by atoms with Gasteiger partial charge in [-0.25, -0.2) is 0 Å². The van der Waals surface area contributed by atoms with Crippen molar-refractivity contribution in [3.8, 4) is 16.5 Å². The first kappa shape index (κ1) is 12.9. The molecule has 0 spiro atoms. The molecule has 0 unspecified atom stereocenters. The fourth-order valence-corrected chi connectivity index (χ4v) is 3.40. The van der Waals surface area contributed by atoms with E-state index in [9.17, 15) is 0 Å². The Morgan fingerprint density at radius 3 is 2.67 bits per heavy atom. The molecule has 0 saturated carbocycles. The Labute approximate surface area is 116 Å². The van der Waals surface area contributed by atoms with Crippen LogP contribution in [0.25, 0.3) is 10.4 Å². The summed E-state index contributed by atoms with van der Waals surface area (Å²) in [6.45, 7) is 4.05. The Balaban J connectivity index is 2.67. The first-order chi connectivity index (χ1) is 8.56. The smallest absolute Gasteiger partial charge is 0.128 e. The number of thiophene rings is 1. The van der Waals surface area contributed by atoms with Crippen LogP contribution in [0.2, 0.25) is 5.02 Å². The Bertz CT molecular complexity index is 618. The van der Waals surface area contributed by atoms with Crippen molar-refractivity contribution in [3.63, 3.8) is 0 Å². The zero-order valence-corrected chi connectivity index (χ0v) is 11.8. The van der Waals surface area contributed by atoms with Gasteiger partial charge in [-0.1, -0.05) is 24.6 Å². The predicted molar refractivity (Wildman–Crippen MR) is 78.0 cm³/mol. The van der Waals surface area contributed by atoms with Crippen LogP contribution >= 0.6 is 22.9 Å². The van der Waals surface area contributed by atoms with Crippen LogP contribution in [-0.2, 0) is 6.42 Å². The molecule has 0 atom stereocenters. The van der Waals surface area contributed by atoms with Gasteiger partial charge in [-0.05, 0) is 42.2 Å². The fourth-order valence-electron chi connectivity index (χ4n) is 2.01. The molecule has 1 heterocycles. The maximum Gasteiger partial charge on any atom is 0.128 e. The number of nitriles is 1. The van der Waals surface area contributed by atoms with Crippen LogP contribution in [0, 0.1) is 18.3 Å². The van der Waals surface area contributed by atoms with Crippen LogP contribution in [0.5, 0.6) is 0 Å². The first-order valence-electron chi connectivity index (χ1n) is 5.65. The molecular weight excluding hydrogens is 264 g/mol. The average Bonchev–Trinajstić information content (AvgIpc) is 2.64. The molecule has 2 rings (SSSR count). The van der Waals surface area contributed by atoms with Crippen molar-refractivity contribution in [3.05, 3.63) is 39.2 Å². The quantitative estimate of drug-likeness (QED) is 0.884. The number of benzene rings is 1. The summed E-state index contributed by atoms with van der Waals surface area (Å²) in [6.07, 6.45) is 0.810. The first-order valence-corrected chi connectivity index (χ1v) is 6.85. The van der Waals surface area contributed by atoms with E-state index in [4.69, 9.17) is 22.6 Å². The Morgan fingerprint density at radius 1 is 1.39 bits per heavy atom. The number of aryl methyl sites for hydroxylation is 1. The number of nitrogens with zero attached hydrogens (tertiary/aromatic N) is 1. The highest BCUT2D eigenvalue weighted by Gasteiger charge is 2.16. The minimum atomic E-state index is 0.583. The summed E-state index contributed by atoms with van der Waals surface area (Å²) in [6, 6.07) is 8.05. The molecule has 92 valence electrons. The maximum atomic E-state index is 9.06. The van der Waals surface area contributed by atoms with Gasteiger partial charge in [-0.3, -0.25) is 0 Å². The maximum absolute atomic E-state index is 9.06. The summed E-state index contributed by atoms with van der Waals surface area (Å²) in [5, 5.41) is 9.77. The van der Waals surface area contributed by atoms with Crippen molar-refractivity contribution in [1.82, 2.24) is 0 Å². The van der Waals surface area contributed by atoms with E-state index in [1.54, 1.807) is 0 Å². The highest BCUT2D eigenvalue weighted by atomic mass is 35.5. The summed E-state index contributed by atoms with van der Waals surface area (Å²) in [4.78, 5) is 1.64. The molecule has 0 saturated heterocycles. The lowest BCUT2D eigenvalue weighted by Crippen LogP contribution is -1.91. The molecule has 2 N–H and O–H groups in total. The third-order valence-corrected chi connectivity index (χ3v) is 4.23. The number of nitrogen functional groups attached to an aromatic ring is 1. The molecule has 0 amide bonds. The third kappa shape index (κ3) is 2.22. The topological polar surface area (TPSA) is 49.8 Å². The average molecular weight is 277 g/mol. The van der Waals surface area contributed by atoms with Crippen molar-refractivity contribution in [2.75, 3.05) is 5.73 Å². The van der Waals surface area contributed by atoms with E-state index in [2.05, 4.69) is 12.1 Å². The van der Waals surface area contributed by atoms with Crippen LogP contribution in [0.4, 0.5) is 5.69 Å². The van der Waals surface area contributed by atoms with Gasteiger partial charge in [-0.2, -0.15) is 5.26 Å². The van der Waals surface area contributed by atoms with E-state index in [0.29, 0.717) is 15.6 Å². The van der Waals surface area contributed by atoms with Crippen LogP contribution < -0.4 is 5.73 Å². The zero-order chi connectivity index (χ0) is 13.3. The molecule has 0 aliphatic rings. The van der Waals surface area contributed by atoms with Crippen LogP contribution in [-0.4, -0.2) is 0 Å². The minimum absolute atomic E-state index is 0.583. The number of rotatable bonds is 2. The van der Waals surface area contributed by atoms with Gasteiger partial charge < -0.3 is 5.73 Å². The Morgan fingerprint density at radius 2 is 2.11 bits per heavy atom. The molecule has 0 fully saturated rings. The van der Waals surface area contributed by atoms with Gasteiger partial charge >= 0.3 is 0 Å². The number of anilines is 1. The molecule has 0 aliphatic heterocycles. The second kappa shape index (κ2) is 5.01. The second-order valence-corrected chi connectivity index (χ2v) is 5.59. The third-order valence-electron chi connectivity index (χ3n) is 2.81. The van der Waals surface area contributed by atoms with E-state index in [1.165, 1.54) is 11.3 Å². The summed E-state index contributed by atoms with van der Waals surface area (Å²) in [7, 11) is 0. The van der Waals surface area contributed by atoms with Gasteiger partial charge in [0.15, 0.2) is 0 Å². The van der Waals surface area contributed by atoms with Gasteiger partial charge in [-0.15, -0.1) is 11.3 Å². The molecule has 2 aromatic rings. The van der Waals surface area contributed by atoms with Crippen molar-refractivity contribution >= 4 is 28.6 Å². The normalized spacial score (nSPS) is 10.3. The monoisotopic (exact) mass is 276 g/mol. The van der Waals surface area contributed by atoms with Gasteiger partial charge in [0.1, 0.15) is 10.9 Å². The van der Waals surface area contributed by atoms with Gasteiger partial charge in [0, 0.05) is 9.90 Å². The molecule has 2 nitrogen and oxygen atoms in total. The number of hydrogen-bond donors (Lipinski definition) is 1. The molecular formula is C14H13ClN2S. The molecule has 0 radical (unpaired) electrons. The lowest BCUT2D eigenvalue weighted by Gasteiger charge is -2.05. The van der Waals surface area contributed by atoms with E-state index >= 15 is 0 Å². The van der Waals surface area contributed by atoms with E-state index in [0.717, 1.165) is 28.0 Å². The molecule has 1 aromatic carbocycles. The summed E-state index contributed by atoms with van der Waals surface area (Å²) in [5.74, 6) is 0. The SMILES string of the molecule is CCc1c(-c2cc(C)cc(Cl)c2)sc(C#N)c1N. The predicted octanol–water partition coefficient (Wildman–Crippen LogP) is 4.39. The fraction of sp³-hybridized carbons (Fsp3) is 0.214. The van der Waals surface area contributed by atoms with Gasteiger partial charge in [0.05, 0.1) is 5.69 Å².